The van der Waals surface area contributed by atoms with Crippen molar-refractivity contribution in [2.75, 3.05) is 13.1 Å². The first-order valence-corrected chi connectivity index (χ1v) is 4.97. The monoisotopic (exact) mass is 181 g/mol. The van der Waals surface area contributed by atoms with Gasteiger partial charge in [0, 0.05) is 24.9 Å². The molecular weight excluding hydrogens is 166 g/mol. The van der Waals surface area contributed by atoms with Gasteiger partial charge in [0.15, 0.2) is 0 Å². The zero-order valence-electron chi connectivity index (χ0n) is 7.95. The van der Waals surface area contributed by atoms with Crippen LogP contribution in [-0.4, -0.2) is 29.7 Å². The number of rotatable bonds is 2. The van der Waals surface area contributed by atoms with Crippen LogP contribution in [0.1, 0.15) is 26.2 Å². The van der Waals surface area contributed by atoms with Gasteiger partial charge in [-0.05, 0) is 26.2 Å². The van der Waals surface area contributed by atoms with Gasteiger partial charge >= 0.3 is 0 Å². The third-order valence-electron chi connectivity index (χ3n) is 3.00. The van der Waals surface area contributed by atoms with Crippen molar-refractivity contribution in [3.05, 3.63) is 0 Å². The minimum Gasteiger partial charge on any atom is -0.342 e. The number of hydrogen-bond donors (Lipinski definition) is 0. The third-order valence-corrected chi connectivity index (χ3v) is 3.00. The average Bonchev–Trinajstić information content (AvgIpc) is 2.81. The van der Waals surface area contributed by atoms with E-state index in [9.17, 15) is 9.59 Å². The SMILES string of the molecule is CC(=O)C1CCN(C(=O)C2CC2)C1. The van der Waals surface area contributed by atoms with Crippen LogP contribution >= 0.6 is 0 Å². The van der Waals surface area contributed by atoms with E-state index in [1.807, 2.05) is 4.90 Å². The van der Waals surface area contributed by atoms with E-state index in [-0.39, 0.29) is 17.6 Å². The molecule has 0 bridgehead atoms. The fourth-order valence-electron chi connectivity index (χ4n) is 1.88. The maximum absolute atomic E-state index is 11.6. The van der Waals surface area contributed by atoms with Gasteiger partial charge in [-0.25, -0.2) is 0 Å². The van der Waals surface area contributed by atoms with Gasteiger partial charge in [-0.1, -0.05) is 0 Å². The normalized spacial score (nSPS) is 27.8. The number of likely N-dealkylation sites (tertiary alicyclic amines) is 1. The summed E-state index contributed by atoms with van der Waals surface area (Å²) in [6, 6.07) is 0. The van der Waals surface area contributed by atoms with Crippen LogP contribution in [0.3, 0.4) is 0 Å². The van der Waals surface area contributed by atoms with Crippen LogP contribution in [-0.2, 0) is 9.59 Å². The van der Waals surface area contributed by atoms with Gasteiger partial charge < -0.3 is 4.90 Å². The average molecular weight is 181 g/mol. The largest absolute Gasteiger partial charge is 0.342 e. The summed E-state index contributed by atoms with van der Waals surface area (Å²) in [6.07, 6.45) is 2.98. The summed E-state index contributed by atoms with van der Waals surface area (Å²) in [5, 5.41) is 0. The predicted molar refractivity (Wildman–Crippen MR) is 48.1 cm³/mol. The second kappa shape index (κ2) is 3.13. The minimum absolute atomic E-state index is 0.114. The second-order valence-corrected chi connectivity index (χ2v) is 4.15. The van der Waals surface area contributed by atoms with Crippen LogP contribution in [0.2, 0.25) is 0 Å². The van der Waals surface area contributed by atoms with Gasteiger partial charge in [0.2, 0.25) is 5.91 Å². The lowest BCUT2D eigenvalue weighted by atomic mass is 10.1. The van der Waals surface area contributed by atoms with E-state index in [0.29, 0.717) is 12.5 Å². The number of carbonyl (C=O) groups is 2. The molecule has 1 amide bonds. The maximum atomic E-state index is 11.6. The minimum atomic E-state index is 0.114. The molecule has 1 saturated carbocycles. The quantitative estimate of drug-likeness (QED) is 0.633. The van der Waals surface area contributed by atoms with Crippen molar-refractivity contribution in [2.45, 2.75) is 26.2 Å². The number of amides is 1. The summed E-state index contributed by atoms with van der Waals surface area (Å²) >= 11 is 0. The molecule has 1 atom stereocenters. The molecule has 1 aliphatic carbocycles. The number of Topliss-reactive ketones (excluding diaryl/α,β-unsaturated/α-hetero) is 1. The van der Waals surface area contributed by atoms with Crippen LogP contribution in [0.4, 0.5) is 0 Å². The van der Waals surface area contributed by atoms with E-state index < -0.39 is 0 Å². The highest BCUT2D eigenvalue weighted by Gasteiger charge is 2.37. The highest BCUT2D eigenvalue weighted by Crippen LogP contribution is 2.32. The number of ketones is 1. The van der Waals surface area contributed by atoms with E-state index in [1.165, 1.54) is 0 Å². The Morgan fingerprint density at radius 2 is 1.85 bits per heavy atom. The summed E-state index contributed by atoms with van der Waals surface area (Å²) in [5.41, 5.74) is 0. The molecule has 1 aliphatic heterocycles. The first-order chi connectivity index (χ1) is 6.18. The van der Waals surface area contributed by atoms with Crippen LogP contribution < -0.4 is 0 Å². The first kappa shape index (κ1) is 8.73. The number of hydrogen-bond acceptors (Lipinski definition) is 2. The molecule has 2 aliphatic rings. The molecule has 0 aromatic heterocycles. The lowest BCUT2D eigenvalue weighted by molar-refractivity contribution is -0.131. The van der Waals surface area contributed by atoms with Crippen molar-refractivity contribution in [3.8, 4) is 0 Å². The molecule has 13 heavy (non-hydrogen) atoms. The lowest BCUT2D eigenvalue weighted by Crippen LogP contribution is -2.30. The lowest BCUT2D eigenvalue weighted by Gasteiger charge is -2.15. The van der Waals surface area contributed by atoms with Crippen molar-refractivity contribution in [1.29, 1.82) is 0 Å². The Morgan fingerprint density at radius 1 is 1.15 bits per heavy atom. The highest BCUT2D eigenvalue weighted by molar-refractivity contribution is 5.84. The van der Waals surface area contributed by atoms with Gasteiger partial charge in [0.25, 0.3) is 0 Å². The van der Waals surface area contributed by atoms with Gasteiger partial charge in [-0.2, -0.15) is 0 Å². The van der Waals surface area contributed by atoms with Crippen LogP contribution in [0.25, 0.3) is 0 Å². The molecule has 1 heterocycles. The molecular formula is C10H15NO2. The number of carbonyl (C=O) groups excluding carboxylic acids is 2. The molecule has 3 heteroatoms. The fraction of sp³-hybridized carbons (Fsp3) is 0.800. The summed E-state index contributed by atoms with van der Waals surface area (Å²) in [5.74, 6) is 0.920. The molecule has 0 radical (unpaired) electrons. The van der Waals surface area contributed by atoms with Crippen molar-refractivity contribution >= 4 is 11.7 Å². The zero-order chi connectivity index (χ0) is 9.42. The summed E-state index contributed by atoms with van der Waals surface area (Å²) in [7, 11) is 0. The molecule has 0 aromatic rings. The highest BCUT2D eigenvalue weighted by atomic mass is 16.2. The number of nitrogens with zero attached hydrogens (tertiary/aromatic N) is 1. The second-order valence-electron chi connectivity index (χ2n) is 4.15. The molecule has 72 valence electrons. The van der Waals surface area contributed by atoms with E-state index in [0.717, 1.165) is 25.8 Å². The van der Waals surface area contributed by atoms with Crippen molar-refractivity contribution < 1.29 is 9.59 Å². The van der Waals surface area contributed by atoms with Gasteiger partial charge in [-0.3, -0.25) is 9.59 Å². The molecule has 0 N–H and O–H groups in total. The Bertz CT molecular complexity index is 245. The van der Waals surface area contributed by atoms with Crippen molar-refractivity contribution in [2.24, 2.45) is 11.8 Å². The molecule has 1 saturated heterocycles. The topological polar surface area (TPSA) is 37.4 Å². The van der Waals surface area contributed by atoms with E-state index >= 15 is 0 Å². The van der Waals surface area contributed by atoms with Gasteiger partial charge in [-0.15, -0.1) is 0 Å². The standard InChI is InChI=1S/C10H15NO2/c1-7(12)9-4-5-11(6-9)10(13)8-2-3-8/h8-9H,2-6H2,1H3. The van der Waals surface area contributed by atoms with Crippen LogP contribution in [0.5, 0.6) is 0 Å². The molecule has 2 rings (SSSR count). The summed E-state index contributed by atoms with van der Waals surface area (Å²) in [6.45, 7) is 3.08. The van der Waals surface area contributed by atoms with Gasteiger partial charge in [0.1, 0.15) is 5.78 Å². The predicted octanol–water partition coefficient (Wildman–Crippen LogP) is 0.834. The maximum Gasteiger partial charge on any atom is 0.225 e. The third kappa shape index (κ3) is 1.74. The first-order valence-electron chi connectivity index (χ1n) is 4.97. The summed E-state index contributed by atoms with van der Waals surface area (Å²) in [4.78, 5) is 24.5. The molecule has 3 nitrogen and oxygen atoms in total. The Hall–Kier alpha value is -0.860. The zero-order valence-corrected chi connectivity index (χ0v) is 7.95. The fourth-order valence-corrected chi connectivity index (χ4v) is 1.88. The van der Waals surface area contributed by atoms with Crippen molar-refractivity contribution in [1.82, 2.24) is 4.90 Å². The van der Waals surface area contributed by atoms with Crippen LogP contribution in [0.15, 0.2) is 0 Å². The van der Waals surface area contributed by atoms with E-state index in [4.69, 9.17) is 0 Å². The Kier molecular flexibility index (Phi) is 2.10. The Labute approximate surface area is 78.1 Å². The van der Waals surface area contributed by atoms with Gasteiger partial charge in [0.05, 0.1) is 0 Å². The molecule has 0 spiro atoms. The Morgan fingerprint density at radius 3 is 2.31 bits per heavy atom. The van der Waals surface area contributed by atoms with E-state index in [2.05, 4.69) is 0 Å². The molecule has 0 aromatic carbocycles. The van der Waals surface area contributed by atoms with Crippen molar-refractivity contribution in [3.63, 3.8) is 0 Å². The smallest absolute Gasteiger partial charge is 0.225 e. The van der Waals surface area contributed by atoms with E-state index in [1.54, 1.807) is 6.92 Å². The summed E-state index contributed by atoms with van der Waals surface area (Å²) < 4.78 is 0. The molecule has 2 fully saturated rings. The Balaban J connectivity index is 1.90. The van der Waals surface area contributed by atoms with Crippen LogP contribution in [0, 0.1) is 11.8 Å². The molecule has 1 unspecified atom stereocenters.